The summed E-state index contributed by atoms with van der Waals surface area (Å²) in [6.45, 7) is 1.86. The molecule has 0 aliphatic carbocycles. The van der Waals surface area contributed by atoms with E-state index in [1.807, 2.05) is 6.92 Å². The summed E-state index contributed by atoms with van der Waals surface area (Å²) in [7, 11) is 0. The number of furan rings is 1. The van der Waals surface area contributed by atoms with Gasteiger partial charge in [-0.3, -0.25) is 0 Å². The molecule has 0 radical (unpaired) electrons. The molecule has 0 N–H and O–H groups in total. The van der Waals surface area contributed by atoms with Crippen molar-refractivity contribution in [1.82, 2.24) is 10.2 Å². The highest BCUT2D eigenvalue weighted by molar-refractivity contribution is 7.98. The van der Waals surface area contributed by atoms with Gasteiger partial charge in [-0.05, 0) is 42.3 Å². The summed E-state index contributed by atoms with van der Waals surface area (Å²) in [5, 5.41) is 9.71. The van der Waals surface area contributed by atoms with Gasteiger partial charge in [-0.15, -0.1) is 10.2 Å². The Bertz CT molecular complexity index is 1100. The van der Waals surface area contributed by atoms with E-state index in [2.05, 4.69) is 10.2 Å². The fraction of sp³-hybridized carbons (Fsp3) is 0.118. The predicted octanol–water partition coefficient (Wildman–Crippen LogP) is 4.69. The smallest absolute Gasteiger partial charge is 0.336 e. The van der Waals surface area contributed by atoms with Crippen LogP contribution >= 0.6 is 23.4 Å². The van der Waals surface area contributed by atoms with E-state index in [0.717, 1.165) is 16.5 Å². The maximum Gasteiger partial charge on any atom is 0.336 e. The number of rotatable bonds is 4. The average molecular weight is 375 g/mol. The summed E-state index contributed by atoms with van der Waals surface area (Å²) in [6, 6.07) is 8.49. The van der Waals surface area contributed by atoms with Crippen LogP contribution in [-0.2, 0) is 5.75 Å². The van der Waals surface area contributed by atoms with E-state index in [1.54, 1.807) is 24.3 Å². The largest absolute Gasteiger partial charge is 0.459 e. The average Bonchev–Trinajstić information content (AvgIpc) is 3.25. The zero-order valence-corrected chi connectivity index (χ0v) is 14.6. The summed E-state index contributed by atoms with van der Waals surface area (Å²) >= 11 is 7.52. The standard InChI is InChI=1S/C17H11ClN2O4S/c1-9-5-14-11(7-12(9)18)10(6-15(21)23-14)8-25-17-20-19-16(24-17)13-3-2-4-22-13/h2-7H,8H2,1H3. The monoisotopic (exact) mass is 374 g/mol. The molecule has 3 aromatic heterocycles. The van der Waals surface area contributed by atoms with Crippen molar-refractivity contribution >= 4 is 34.3 Å². The minimum Gasteiger partial charge on any atom is -0.459 e. The third-order valence-electron chi connectivity index (χ3n) is 3.60. The van der Waals surface area contributed by atoms with E-state index in [-0.39, 0.29) is 0 Å². The first-order valence-electron chi connectivity index (χ1n) is 7.33. The van der Waals surface area contributed by atoms with Crippen molar-refractivity contribution in [3.05, 3.63) is 63.2 Å². The first kappa shape index (κ1) is 16.0. The van der Waals surface area contributed by atoms with Gasteiger partial charge in [-0.1, -0.05) is 23.4 Å². The van der Waals surface area contributed by atoms with Crippen molar-refractivity contribution in [2.75, 3.05) is 0 Å². The van der Waals surface area contributed by atoms with Crippen LogP contribution in [0, 0.1) is 6.92 Å². The molecule has 0 atom stereocenters. The van der Waals surface area contributed by atoms with Gasteiger partial charge in [0, 0.05) is 22.2 Å². The lowest BCUT2D eigenvalue weighted by Crippen LogP contribution is -2.00. The second-order valence-corrected chi connectivity index (χ2v) is 6.66. The van der Waals surface area contributed by atoms with Crippen molar-refractivity contribution in [3.63, 3.8) is 0 Å². The molecule has 0 unspecified atom stereocenters. The van der Waals surface area contributed by atoms with Crippen molar-refractivity contribution in [2.45, 2.75) is 17.9 Å². The van der Waals surface area contributed by atoms with E-state index >= 15 is 0 Å². The van der Waals surface area contributed by atoms with Crippen LogP contribution in [0.25, 0.3) is 22.6 Å². The number of thioether (sulfide) groups is 1. The molecule has 6 nitrogen and oxygen atoms in total. The Morgan fingerprint density at radius 2 is 2.08 bits per heavy atom. The van der Waals surface area contributed by atoms with Crippen molar-refractivity contribution in [2.24, 2.45) is 0 Å². The molecular formula is C17H11ClN2O4S. The number of aryl methyl sites for hydroxylation is 1. The lowest BCUT2D eigenvalue weighted by Gasteiger charge is -2.06. The molecule has 3 heterocycles. The minimum atomic E-state index is -0.411. The highest BCUT2D eigenvalue weighted by atomic mass is 35.5. The van der Waals surface area contributed by atoms with Gasteiger partial charge in [0.25, 0.3) is 11.1 Å². The lowest BCUT2D eigenvalue weighted by molar-refractivity contribution is 0.447. The molecule has 0 saturated heterocycles. The van der Waals surface area contributed by atoms with Crippen LogP contribution in [0.15, 0.2) is 59.9 Å². The van der Waals surface area contributed by atoms with Crippen molar-refractivity contribution in [1.29, 1.82) is 0 Å². The van der Waals surface area contributed by atoms with E-state index in [0.29, 0.717) is 33.2 Å². The molecule has 0 fully saturated rings. The molecule has 0 spiro atoms. The van der Waals surface area contributed by atoms with Gasteiger partial charge < -0.3 is 13.3 Å². The Labute approximate surface area is 150 Å². The maximum absolute atomic E-state index is 11.8. The van der Waals surface area contributed by atoms with Crippen molar-refractivity contribution in [3.8, 4) is 11.7 Å². The highest BCUT2D eigenvalue weighted by Crippen LogP contribution is 2.30. The molecule has 126 valence electrons. The van der Waals surface area contributed by atoms with Crippen LogP contribution in [0.3, 0.4) is 0 Å². The molecule has 8 heteroatoms. The molecule has 4 rings (SSSR count). The van der Waals surface area contributed by atoms with Gasteiger partial charge in [0.15, 0.2) is 5.76 Å². The van der Waals surface area contributed by atoms with E-state index in [1.165, 1.54) is 24.1 Å². The highest BCUT2D eigenvalue weighted by Gasteiger charge is 2.13. The van der Waals surface area contributed by atoms with Gasteiger partial charge in [0.05, 0.1) is 6.26 Å². The Morgan fingerprint density at radius 3 is 2.88 bits per heavy atom. The van der Waals surface area contributed by atoms with Crippen LogP contribution in [0.4, 0.5) is 0 Å². The Kier molecular flexibility index (Phi) is 4.10. The van der Waals surface area contributed by atoms with Crippen molar-refractivity contribution < 1.29 is 13.3 Å². The Hall–Kier alpha value is -2.51. The van der Waals surface area contributed by atoms with Crippen LogP contribution in [0.2, 0.25) is 5.02 Å². The summed E-state index contributed by atoms with van der Waals surface area (Å²) in [5.41, 5.74) is 1.73. The zero-order valence-electron chi connectivity index (χ0n) is 13.0. The Morgan fingerprint density at radius 1 is 1.20 bits per heavy atom. The summed E-state index contributed by atoms with van der Waals surface area (Å²) in [4.78, 5) is 11.8. The second-order valence-electron chi connectivity index (χ2n) is 5.33. The molecule has 0 amide bonds. The minimum absolute atomic E-state index is 0.309. The van der Waals surface area contributed by atoms with E-state index < -0.39 is 5.63 Å². The second kappa shape index (κ2) is 6.42. The molecule has 1 aromatic carbocycles. The lowest BCUT2D eigenvalue weighted by atomic mass is 10.1. The Balaban J connectivity index is 1.63. The number of aromatic nitrogens is 2. The van der Waals surface area contributed by atoms with Gasteiger partial charge >= 0.3 is 5.63 Å². The van der Waals surface area contributed by atoms with Gasteiger partial charge in [-0.25, -0.2) is 4.79 Å². The summed E-state index contributed by atoms with van der Waals surface area (Å²) < 4.78 is 16.0. The number of benzene rings is 1. The molecule has 0 bridgehead atoms. The first-order valence-corrected chi connectivity index (χ1v) is 8.69. The first-order chi connectivity index (χ1) is 12.1. The number of hydrogen-bond donors (Lipinski definition) is 0. The number of halogens is 1. The van der Waals surface area contributed by atoms with E-state index in [9.17, 15) is 4.79 Å². The molecule has 0 aliphatic rings. The third-order valence-corrected chi connectivity index (χ3v) is 4.87. The van der Waals surface area contributed by atoms with Crippen LogP contribution < -0.4 is 5.63 Å². The molecule has 25 heavy (non-hydrogen) atoms. The maximum atomic E-state index is 11.8. The quantitative estimate of drug-likeness (QED) is 0.378. The number of nitrogens with zero attached hydrogens (tertiary/aromatic N) is 2. The van der Waals surface area contributed by atoms with Crippen LogP contribution in [-0.4, -0.2) is 10.2 Å². The zero-order chi connectivity index (χ0) is 17.4. The van der Waals surface area contributed by atoms with Crippen LogP contribution in [0.5, 0.6) is 0 Å². The summed E-state index contributed by atoms with van der Waals surface area (Å²) in [5.74, 6) is 1.28. The van der Waals surface area contributed by atoms with Gasteiger partial charge in [-0.2, -0.15) is 0 Å². The predicted molar refractivity (Wildman–Crippen MR) is 93.8 cm³/mol. The molecular weight excluding hydrogens is 364 g/mol. The summed E-state index contributed by atoms with van der Waals surface area (Å²) in [6.07, 6.45) is 1.54. The number of fused-ring (bicyclic) bond motifs is 1. The topological polar surface area (TPSA) is 82.3 Å². The van der Waals surface area contributed by atoms with E-state index in [4.69, 9.17) is 24.9 Å². The SMILES string of the molecule is Cc1cc2oc(=O)cc(CSc3nnc(-c4ccco4)o3)c2cc1Cl. The van der Waals surface area contributed by atoms with Gasteiger partial charge in [0.2, 0.25) is 0 Å². The third kappa shape index (κ3) is 3.20. The van der Waals surface area contributed by atoms with Gasteiger partial charge in [0.1, 0.15) is 5.58 Å². The number of hydrogen-bond acceptors (Lipinski definition) is 7. The van der Waals surface area contributed by atoms with Crippen LogP contribution in [0.1, 0.15) is 11.1 Å². The molecule has 0 aliphatic heterocycles. The normalized spacial score (nSPS) is 11.3. The fourth-order valence-electron chi connectivity index (χ4n) is 2.38. The fourth-order valence-corrected chi connectivity index (χ4v) is 3.29. The molecule has 0 saturated carbocycles. The molecule has 4 aromatic rings.